The summed E-state index contributed by atoms with van der Waals surface area (Å²) in [4.78, 5) is 41.0. The van der Waals surface area contributed by atoms with E-state index in [0.29, 0.717) is 23.5 Å². The van der Waals surface area contributed by atoms with Crippen LogP contribution in [0.3, 0.4) is 0 Å². The number of rotatable bonds is 5. The van der Waals surface area contributed by atoms with Gasteiger partial charge in [0.1, 0.15) is 17.9 Å². The van der Waals surface area contributed by atoms with Gasteiger partial charge in [-0.15, -0.1) is 0 Å². The number of nitrogens with one attached hydrogen (secondary N) is 3. The topological polar surface area (TPSA) is 193 Å². The number of carbonyl (C=O) groups is 2. The molecule has 2 amide bonds. The molecule has 6 rings (SSSR count). The Kier molecular flexibility index (Phi) is 6.06. The van der Waals surface area contributed by atoms with E-state index in [1.165, 1.54) is 6.20 Å². The van der Waals surface area contributed by atoms with Crippen molar-refractivity contribution in [2.75, 3.05) is 19.7 Å². The summed E-state index contributed by atoms with van der Waals surface area (Å²) in [6, 6.07) is 6.84. The molecule has 4 aliphatic rings. The number of fused-ring (bicyclic) bond motifs is 1. The normalized spacial score (nSPS) is 29.5. The molecule has 5 heterocycles. The van der Waals surface area contributed by atoms with E-state index in [0.717, 1.165) is 12.0 Å². The summed E-state index contributed by atoms with van der Waals surface area (Å²) in [7, 11) is 0. The lowest BCUT2D eigenvalue weighted by Crippen LogP contribution is -2.73. The van der Waals surface area contributed by atoms with Gasteiger partial charge < -0.3 is 42.2 Å². The van der Waals surface area contributed by atoms with E-state index in [-0.39, 0.29) is 42.2 Å². The number of aromatic nitrogens is 1. The van der Waals surface area contributed by atoms with Gasteiger partial charge in [0.15, 0.2) is 17.6 Å². The molecule has 1 unspecified atom stereocenters. The monoisotopic (exact) mass is 547 g/mol. The number of aliphatic hydroxyl groups is 1. The lowest BCUT2D eigenvalue weighted by Gasteiger charge is -2.46. The molecule has 1 aromatic heterocycles. The second-order valence-corrected chi connectivity index (χ2v) is 11.2. The highest BCUT2D eigenvalue weighted by Crippen LogP contribution is 2.42. The molecule has 13 heteroatoms. The highest BCUT2D eigenvalue weighted by atomic mass is 16.5. The predicted molar refractivity (Wildman–Crippen MR) is 147 cm³/mol. The SMILES string of the molecule is CC1(C)CCOc2c(C(=O)NC3CN4C(N)=N[C@@H](CNC(=O)c5cccnc5)[C@@H]5N=C(N)N[C@@]54[C@@H]3O)cccc21. The van der Waals surface area contributed by atoms with E-state index in [1.54, 1.807) is 29.3 Å². The van der Waals surface area contributed by atoms with Crippen LogP contribution in [0.4, 0.5) is 0 Å². The molecule has 0 saturated carbocycles. The van der Waals surface area contributed by atoms with Gasteiger partial charge in [0, 0.05) is 31.0 Å². The van der Waals surface area contributed by atoms with Crippen molar-refractivity contribution in [2.45, 2.75) is 55.6 Å². The fourth-order valence-electron chi connectivity index (χ4n) is 6.19. The molecular formula is C27H33N9O4. The zero-order valence-corrected chi connectivity index (χ0v) is 22.3. The maximum absolute atomic E-state index is 13.5. The third kappa shape index (κ3) is 3.99. The van der Waals surface area contributed by atoms with Gasteiger partial charge >= 0.3 is 0 Å². The lowest BCUT2D eigenvalue weighted by atomic mass is 9.79. The Morgan fingerprint density at radius 1 is 1.20 bits per heavy atom. The first-order valence-corrected chi connectivity index (χ1v) is 13.3. The van der Waals surface area contributed by atoms with Crippen LogP contribution in [0.15, 0.2) is 52.7 Å². The van der Waals surface area contributed by atoms with Gasteiger partial charge in [-0.3, -0.25) is 14.6 Å². The Labute approximate surface area is 231 Å². The number of hydrogen-bond donors (Lipinski definition) is 6. The van der Waals surface area contributed by atoms with Crippen molar-refractivity contribution < 1.29 is 19.4 Å². The number of nitrogens with zero attached hydrogens (tertiary/aromatic N) is 4. The van der Waals surface area contributed by atoms with Crippen molar-refractivity contribution in [1.29, 1.82) is 0 Å². The number of carbonyl (C=O) groups excluding carboxylic acids is 2. The van der Waals surface area contributed by atoms with E-state index in [4.69, 9.17) is 16.2 Å². The first-order valence-electron chi connectivity index (χ1n) is 13.3. The molecular weight excluding hydrogens is 514 g/mol. The van der Waals surface area contributed by atoms with Crippen molar-refractivity contribution in [3.63, 3.8) is 0 Å². The molecule has 1 fully saturated rings. The number of guanidine groups is 2. The Balaban J connectivity index is 1.23. The molecule has 1 spiro atoms. The van der Waals surface area contributed by atoms with E-state index < -0.39 is 29.9 Å². The van der Waals surface area contributed by atoms with Gasteiger partial charge in [0.05, 0.1) is 29.8 Å². The number of aliphatic imine (C=N–C) groups is 2. The number of benzene rings is 1. The van der Waals surface area contributed by atoms with Gasteiger partial charge in [-0.05, 0) is 30.0 Å². The van der Waals surface area contributed by atoms with Gasteiger partial charge in [-0.1, -0.05) is 26.0 Å². The fourth-order valence-corrected chi connectivity index (χ4v) is 6.19. The van der Waals surface area contributed by atoms with Crippen LogP contribution in [0.5, 0.6) is 5.75 Å². The molecule has 2 aromatic rings. The van der Waals surface area contributed by atoms with Crippen LogP contribution in [0, 0.1) is 0 Å². The fraction of sp³-hybridized carbons (Fsp3) is 0.444. The van der Waals surface area contributed by atoms with E-state index in [9.17, 15) is 14.7 Å². The zero-order chi connectivity index (χ0) is 28.2. The molecule has 13 nitrogen and oxygen atoms in total. The van der Waals surface area contributed by atoms with Crippen LogP contribution in [-0.4, -0.2) is 88.3 Å². The Bertz CT molecular complexity index is 1410. The minimum atomic E-state index is -1.24. The third-order valence-corrected chi connectivity index (χ3v) is 8.33. The van der Waals surface area contributed by atoms with Crippen molar-refractivity contribution in [3.05, 3.63) is 59.4 Å². The molecule has 5 atom stereocenters. The van der Waals surface area contributed by atoms with Crippen molar-refractivity contribution in [1.82, 2.24) is 25.8 Å². The highest BCUT2D eigenvalue weighted by molar-refractivity contribution is 5.98. The first-order chi connectivity index (χ1) is 19.1. The lowest BCUT2D eigenvalue weighted by molar-refractivity contribution is 0.0143. The quantitative estimate of drug-likeness (QED) is 0.273. The second kappa shape index (κ2) is 9.37. The van der Waals surface area contributed by atoms with Gasteiger partial charge in [-0.25, -0.2) is 9.98 Å². The van der Waals surface area contributed by atoms with Crippen molar-refractivity contribution >= 4 is 23.7 Å². The Hall–Kier alpha value is -4.39. The Morgan fingerprint density at radius 3 is 2.80 bits per heavy atom. The van der Waals surface area contributed by atoms with E-state index >= 15 is 0 Å². The predicted octanol–water partition coefficient (Wildman–Crippen LogP) is -0.974. The molecule has 0 aliphatic carbocycles. The average molecular weight is 548 g/mol. The van der Waals surface area contributed by atoms with Crippen molar-refractivity contribution in [3.8, 4) is 5.75 Å². The van der Waals surface area contributed by atoms with Gasteiger partial charge in [0.2, 0.25) is 0 Å². The number of nitrogens with two attached hydrogens (primary N) is 2. The van der Waals surface area contributed by atoms with E-state index in [1.807, 2.05) is 12.1 Å². The Morgan fingerprint density at radius 2 is 2.02 bits per heavy atom. The smallest absolute Gasteiger partial charge is 0.255 e. The minimum Gasteiger partial charge on any atom is -0.492 e. The summed E-state index contributed by atoms with van der Waals surface area (Å²) in [6.07, 6.45) is 2.74. The molecule has 0 bridgehead atoms. The maximum atomic E-state index is 13.5. The van der Waals surface area contributed by atoms with Crippen molar-refractivity contribution in [2.24, 2.45) is 21.5 Å². The molecule has 0 radical (unpaired) electrons. The van der Waals surface area contributed by atoms with E-state index in [2.05, 4.69) is 44.8 Å². The molecule has 8 N–H and O–H groups in total. The molecule has 210 valence electrons. The standard InChI is InChI=1S/C27H33N9O4/c1-26(2)8-10-40-19-15(6-3-7-16(19)26)23(39)32-18-13-36-25(29)33-17(12-31-22(38)14-5-4-9-30-11-14)20-27(36,21(18)37)35-24(28)34-20/h3-7,9,11,17-18,20-21,37H,8,10,12-13H2,1-2H3,(H2,29,33)(H,31,38)(H,32,39)(H3,28,34,35)/t17-,18?,20-,21+,27-/m0/s1. The minimum absolute atomic E-state index is 0.0974. The summed E-state index contributed by atoms with van der Waals surface area (Å²) in [5.41, 5.74) is 12.9. The first kappa shape index (κ1) is 25.9. The summed E-state index contributed by atoms with van der Waals surface area (Å²) >= 11 is 0. The van der Waals surface area contributed by atoms with Crippen LogP contribution < -0.4 is 32.2 Å². The number of ether oxygens (including phenoxy) is 1. The molecule has 40 heavy (non-hydrogen) atoms. The molecule has 1 aromatic carbocycles. The van der Waals surface area contributed by atoms with Gasteiger partial charge in [-0.2, -0.15) is 0 Å². The van der Waals surface area contributed by atoms with Crippen LogP contribution in [0.2, 0.25) is 0 Å². The van der Waals surface area contributed by atoms with Crippen LogP contribution in [0.1, 0.15) is 46.5 Å². The summed E-state index contributed by atoms with van der Waals surface area (Å²) in [5.74, 6) is 0.133. The number of amides is 2. The average Bonchev–Trinajstić information content (AvgIpc) is 3.43. The second-order valence-electron chi connectivity index (χ2n) is 11.2. The van der Waals surface area contributed by atoms with Gasteiger partial charge in [0.25, 0.3) is 11.8 Å². The molecule has 1 saturated heterocycles. The van der Waals surface area contributed by atoms with Crippen LogP contribution in [-0.2, 0) is 5.41 Å². The number of para-hydroxylation sites is 1. The summed E-state index contributed by atoms with van der Waals surface area (Å²) in [5, 5.41) is 20.6. The molecule has 4 aliphatic heterocycles. The number of hydrogen-bond acceptors (Lipinski definition) is 11. The summed E-state index contributed by atoms with van der Waals surface area (Å²) in [6.45, 7) is 5.04. The number of aliphatic hydroxyl groups excluding tert-OH is 1. The number of pyridine rings is 1. The zero-order valence-electron chi connectivity index (χ0n) is 22.3. The van der Waals surface area contributed by atoms with Crippen LogP contribution >= 0.6 is 0 Å². The third-order valence-electron chi connectivity index (χ3n) is 8.33. The van der Waals surface area contributed by atoms with Crippen LogP contribution in [0.25, 0.3) is 0 Å². The summed E-state index contributed by atoms with van der Waals surface area (Å²) < 4.78 is 5.93. The maximum Gasteiger partial charge on any atom is 0.255 e. The largest absolute Gasteiger partial charge is 0.492 e. The highest BCUT2D eigenvalue weighted by Gasteiger charge is 2.65.